The molecule has 6 heteroatoms. The van der Waals surface area contributed by atoms with Gasteiger partial charge in [0, 0.05) is 30.6 Å². The predicted octanol–water partition coefficient (Wildman–Crippen LogP) is 2.47. The summed E-state index contributed by atoms with van der Waals surface area (Å²) in [6.45, 7) is 8.45. The molecule has 0 spiro atoms. The molecule has 1 atom stereocenters. The Labute approximate surface area is 154 Å². The molecular weight excluding hydrogens is 332 g/mol. The van der Waals surface area contributed by atoms with Crippen molar-refractivity contribution >= 4 is 11.8 Å². The maximum atomic E-state index is 12.8. The van der Waals surface area contributed by atoms with Gasteiger partial charge in [0.2, 0.25) is 5.91 Å². The highest BCUT2D eigenvalue weighted by Gasteiger charge is 2.29. The largest absolute Gasteiger partial charge is 0.486 e. The van der Waals surface area contributed by atoms with Crippen molar-refractivity contribution in [1.29, 1.82) is 0 Å². The van der Waals surface area contributed by atoms with Gasteiger partial charge in [-0.2, -0.15) is 0 Å². The van der Waals surface area contributed by atoms with Crippen LogP contribution in [0.2, 0.25) is 0 Å². The standard InChI is InChI=1S/C20H28N2O4/c1-13(2)14(3)21-19(23)15-6-8-22(9-7-15)20(24)16-4-5-17-18(12-16)26-11-10-25-17/h4-5,12-15H,6-11H2,1-3H3,(H,21,23). The van der Waals surface area contributed by atoms with Gasteiger partial charge in [-0.15, -0.1) is 0 Å². The molecule has 1 N–H and O–H groups in total. The maximum absolute atomic E-state index is 12.8. The molecule has 26 heavy (non-hydrogen) atoms. The summed E-state index contributed by atoms with van der Waals surface area (Å²) in [6, 6.07) is 5.48. The highest BCUT2D eigenvalue weighted by molar-refractivity contribution is 5.95. The van der Waals surface area contributed by atoms with E-state index in [0.29, 0.717) is 62.1 Å². The monoisotopic (exact) mass is 360 g/mol. The van der Waals surface area contributed by atoms with Gasteiger partial charge in [-0.05, 0) is 43.9 Å². The van der Waals surface area contributed by atoms with Crippen LogP contribution in [0, 0.1) is 11.8 Å². The zero-order valence-electron chi connectivity index (χ0n) is 15.8. The lowest BCUT2D eigenvalue weighted by molar-refractivity contribution is -0.127. The Balaban J connectivity index is 1.56. The summed E-state index contributed by atoms with van der Waals surface area (Å²) < 4.78 is 11.1. The quantitative estimate of drug-likeness (QED) is 0.896. The van der Waals surface area contributed by atoms with Crippen molar-refractivity contribution in [2.75, 3.05) is 26.3 Å². The van der Waals surface area contributed by atoms with Gasteiger partial charge >= 0.3 is 0 Å². The van der Waals surface area contributed by atoms with Crippen molar-refractivity contribution in [2.45, 2.75) is 39.7 Å². The van der Waals surface area contributed by atoms with Crippen molar-refractivity contribution in [1.82, 2.24) is 10.2 Å². The number of carbonyl (C=O) groups excluding carboxylic acids is 2. The number of ether oxygens (including phenoxy) is 2. The van der Waals surface area contributed by atoms with E-state index in [4.69, 9.17) is 9.47 Å². The second kappa shape index (κ2) is 7.98. The number of fused-ring (bicyclic) bond motifs is 1. The van der Waals surface area contributed by atoms with Crippen molar-refractivity contribution in [3.8, 4) is 11.5 Å². The number of hydrogen-bond donors (Lipinski definition) is 1. The number of piperidine rings is 1. The van der Waals surface area contributed by atoms with Crippen LogP contribution in [0.3, 0.4) is 0 Å². The van der Waals surface area contributed by atoms with Crippen molar-refractivity contribution < 1.29 is 19.1 Å². The summed E-state index contributed by atoms with van der Waals surface area (Å²) in [7, 11) is 0. The smallest absolute Gasteiger partial charge is 0.253 e. The lowest BCUT2D eigenvalue weighted by atomic mass is 9.94. The summed E-state index contributed by atoms with van der Waals surface area (Å²) in [5.41, 5.74) is 0.602. The topological polar surface area (TPSA) is 67.9 Å². The Morgan fingerprint density at radius 3 is 2.38 bits per heavy atom. The number of nitrogens with one attached hydrogen (secondary N) is 1. The molecule has 0 aliphatic carbocycles. The number of rotatable bonds is 4. The van der Waals surface area contributed by atoms with E-state index in [1.165, 1.54) is 0 Å². The summed E-state index contributed by atoms with van der Waals surface area (Å²) >= 11 is 0. The highest BCUT2D eigenvalue weighted by atomic mass is 16.6. The van der Waals surface area contributed by atoms with Crippen LogP contribution in [-0.2, 0) is 4.79 Å². The summed E-state index contributed by atoms with van der Waals surface area (Å²) in [5.74, 6) is 1.80. The lowest BCUT2D eigenvalue weighted by Gasteiger charge is -2.32. The molecule has 2 heterocycles. The van der Waals surface area contributed by atoms with E-state index in [1.54, 1.807) is 18.2 Å². The SMILES string of the molecule is CC(C)C(C)NC(=O)C1CCN(C(=O)c2ccc3c(c2)OCCO3)CC1. The fourth-order valence-corrected chi connectivity index (χ4v) is 3.21. The van der Waals surface area contributed by atoms with E-state index in [2.05, 4.69) is 19.2 Å². The van der Waals surface area contributed by atoms with Crippen molar-refractivity contribution in [3.05, 3.63) is 23.8 Å². The van der Waals surface area contributed by atoms with Crippen LogP contribution in [0.15, 0.2) is 18.2 Å². The van der Waals surface area contributed by atoms with Crippen molar-refractivity contribution in [3.63, 3.8) is 0 Å². The van der Waals surface area contributed by atoms with E-state index in [9.17, 15) is 9.59 Å². The third-order valence-corrected chi connectivity index (χ3v) is 5.31. The van der Waals surface area contributed by atoms with Crippen LogP contribution >= 0.6 is 0 Å². The molecule has 2 aliphatic rings. The van der Waals surface area contributed by atoms with Gasteiger partial charge in [-0.3, -0.25) is 9.59 Å². The number of amides is 2. The average molecular weight is 360 g/mol. The first-order valence-electron chi connectivity index (χ1n) is 9.45. The molecule has 1 aromatic rings. The first kappa shape index (κ1) is 18.5. The number of benzene rings is 1. The summed E-state index contributed by atoms with van der Waals surface area (Å²) in [5, 5.41) is 3.09. The minimum absolute atomic E-state index is 0.0134. The first-order chi connectivity index (χ1) is 12.5. The van der Waals surface area contributed by atoms with Crippen LogP contribution < -0.4 is 14.8 Å². The molecule has 2 amide bonds. The van der Waals surface area contributed by atoms with Gasteiger partial charge in [0.25, 0.3) is 5.91 Å². The van der Waals surface area contributed by atoms with Gasteiger partial charge in [0.1, 0.15) is 13.2 Å². The zero-order valence-corrected chi connectivity index (χ0v) is 15.8. The zero-order chi connectivity index (χ0) is 18.7. The average Bonchev–Trinajstić information content (AvgIpc) is 2.67. The molecule has 2 aliphatic heterocycles. The van der Waals surface area contributed by atoms with Crippen LogP contribution in [0.4, 0.5) is 0 Å². The minimum Gasteiger partial charge on any atom is -0.486 e. The van der Waals surface area contributed by atoms with Gasteiger partial charge in [-0.25, -0.2) is 0 Å². The molecule has 1 aromatic carbocycles. The summed E-state index contributed by atoms with van der Waals surface area (Å²) in [4.78, 5) is 27.0. The third-order valence-electron chi connectivity index (χ3n) is 5.31. The third kappa shape index (κ3) is 4.11. The number of carbonyl (C=O) groups is 2. The van der Waals surface area contributed by atoms with Gasteiger partial charge in [-0.1, -0.05) is 13.8 Å². The molecule has 0 aromatic heterocycles. The van der Waals surface area contributed by atoms with Crippen molar-refractivity contribution in [2.24, 2.45) is 11.8 Å². The van der Waals surface area contributed by atoms with E-state index in [1.807, 2.05) is 11.8 Å². The lowest BCUT2D eigenvalue weighted by Crippen LogP contribution is -2.45. The predicted molar refractivity (Wildman–Crippen MR) is 98.5 cm³/mol. The number of nitrogens with zero attached hydrogens (tertiary/aromatic N) is 1. The highest BCUT2D eigenvalue weighted by Crippen LogP contribution is 2.31. The second-order valence-electron chi connectivity index (χ2n) is 7.47. The Morgan fingerprint density at radius 1 is 1.08 bits per heavy atom. The molecule has 1 unspecified atom stereocenters. The first-order valence-corrected chi connectivity index (χ1v) is 9.45. The van der Waals surface area contributed by atoms with Gasteiger partial charge in [0.05, 0.1) is 0 Å². The minimum atomic E-state index is -0.0172. The van der Waals surface area contributed by atoms with E-state index in [-0.39, 0.29) is 23.8 Å². The fourth-order valence-electron chi connectivity index (χ4n) is 3.21. The van der Waals surface area contributed by atoms with Crippen LogP contribution in [0.5, 0.6) is 11.5 Å². The molecule has 1 fully saturated rings. The second-order valence-corrected chi connectivity index (χ2v) is 7.47. The molecule has 0 saturated carbocycles. The molecular formula is C20H28N2O4. The Morgan fingerprint density at radius 2 is 1.73 bits per heavy atom. The summed E-state index contributed by atoms with van der Waals surface area (Å²) in [6.07, 6.45) is 1.40. The normalized spacial score (nSPS) is 18.5. The molecule has 1 saturated heterocycles. The molecule has 3 rings (SSSR count). The van der Waals surface area contributed by atoms with Gasteiger partial charge in [0.15, 0.2) is 11.5 Å². The van der Waals surface area contributed by atoms with Crippen LogP contribution in [-0.4, -0.2) is 49.1 Å². The molecule has 0 bridgehead atoms. The van der Waals surface area contributed by atoms with E-state index >= 15 is 0 Å². The Hall–Kier alpha value is -2.24. The Bertz CT molecular complexity index is 666. The number of likely N-dealkylation sites (tertiary alicyclic amines) is 1. The number of hydrogen-bond acceptors (Lipinski definition) is 4. The van der Waals surface area contributed by atoms with E-state index in [0.717, 1.165) is 0 Å². The van der Waals surface area contributed by atoms with E-state index < -0.39 is 0 Å². The Kier molecular flexibility index (Phi) is 5.69. The maximum Gasteiger partial charge on any atom is 0.253 e. The van der Waals surface area contributed by atoms with Gasteiger partial charge < -0.3 is 19.7 Å². The fraction of sp³-hybridized carbons (Fsp3) is 0.600. The molecule has 0 radical (unpaired) electrons. The van der Waals surface area contributed by atoms with Crippen LogP contribution in [0.1, 0.15) is 44.0 Å². The molecule has 142 valence electrons. The molecule has 6 nitrogen and oxygen atoms in total. The van der Waals surface area contributed by atoms with Crippen LogP contribution in [0.25, 0.3) is 0 Å².